The Labute approximate surface area is 84.0 Å². The molecule has 1 aliphatic heterocycles. The van der Waals surface area contributed by atoms with E-state index in [1.54, 1.807) is 7.11 Å². The molecule has 1 unspecified atom stereocenters. The highest BCUT2D eigenvalue weighted by Crippen LogP contribution is 2.34. The maximum absolute atomic E-state index is 5.56. The Morgan fingerprint density at radius 2 is 2.36 bits per heavy atom. The minimum absolute atomic E-state index is 0.383. The van der Waals surface area contributed by atoms with Crippen molar-refractivity contribution in [2.24, 2.45) is 0 Å². The lowest BCUT2D eigenvalue weighted by atomic mass is 10.0. The number of benzene rings is 1. The lowest BCUT2D eigenvalue weighted by molar-refractivity contribution is 0.256. The zero-order chi connectivity index (χ0) is 9.97. The minimum atomic E-state index is 0.383. The molecule has 0 bridgehead atoms. The van der Waals surface area contributed by atoms with Crippen LogP contribution in [0.5, 0.6) is 11.5 Å². The highest BCUT2D eigenvalue weighted by molar-refractivity contribution is 5.43. The van der Waals surface area contributed by atoms with Crippen LogP contribution < -0.4 is 14.8 Å². The average Bonchev–Trinajstić information content (AvgIpc) is 2.27. The van der Waals surface area contributed by atoms with E-state index in [-0.39, 0.29) is 0 Å². The molecule has 1 heterocycles. The Bertz CT molecular complexity index is 325. The van der Waals surface area contributed by atoms with Gasteiger partial charge in [-0.25, -0.2) is 0 Å². The second-order valence-electron chi connectivity index (χ2n) is 3.38. The molecule has 14 heavy (non-hydrogen) atoms. The quantitative estimate of drug-likeness (QED) is 0.776. The summed E-state index contributed by atoms with van der Waals surface area (Å²) in [4.78, 5) is 0. The molecular weight excluding hydrogens is 178 g/mol. The van der Waals surface area contributed by atoms with Crippen molar-refractivity contribution in [1.29, 1.82) is 0 Å². The third-order valence-corrected chi connectivity index (χ3v) is 2.60. The van der Waals surface area contributed by atoms with Gasteiger partial charge in [-0.2, -0.15) is 0 Å². The first-order chi connectivity index (χ1) is 6.85. The van der Waals surface area contributed by atoms with Gasteiger partial charge in [0.05, 0.1) is 13.7 Å². The Kier molecular flexibility index (Phi) is 2.59. The highest BCUT2D eigenvalue weighted by Gasteiger charge is 2.20. The van der Waals surface area contributed by atoms with Crippen molar-refractivity contribution in [3.05, 3.63) is 23.8 Å². The Morgan fingerprint density at radius 3 is 3.07 bits per heavy atom. The Hall–Kier alpha value is -1.22. The van der Waals surface area contributed by atoms with E-state index in [4.69, 9.17) is 9.47 Å². The predicted molar refractivity (Wildman–Crippen MR) is 54.9 cm³/mol. The lowest BCUT2D eigenvalue weighted by Gasteiger charge is -2.25. The molecule has 3 heteroatoms. The van der Waals surface area contributed by atoms with Crippen molar-refractivity contribution in [3.63, 3.8) is 0 Å². The molecule has 0 saturated heterocycles. The summed E-state index contributed by atoms with van der Waals surface area (Å²) in [6.45, 7) is 0.783. The third kappa shape index (κ3) is 1.55. The van der Waals surface area contributed by atoms with Crippen LogP contribution in [-0.4, -0.2) is 20.8 Å². The van der Waals surface area contributed by atoms with E-state index >= 15 is 0 Å². The largest absolute Gasteiger partial charge is 0.497 e. The van der Waals surface area contributed by atoms with Crippen molar-refractivity contribution in [3.8, 4) is 11.5 Å². The van der Waals surface area contributed by atoms with Gasteiger partial charge in [-0.15, -0.1) is 0 Å². The van der Waals surface area contributed by atoms with Crippen LogP contribution in [0.1, 0.15) is 18.0 Å². The number of hydrogen-bond acceptors (Lipinski definition) is 3. The molecule has 1 aromatic carbocycles. The summed E-state index contributed by atoms with van der Waals surface area (Å²) < 4.78 is 10.7. The summed E-state index contributed by atoms with van der Waals surface area (Å²) >= 11 is 0. The fourth-order valence-electron chi connectivity index (χ4n) is 1.80. The molecule has 1 N–H and O–H groups in total. The van der Waals surface area contributed by atoms with Crippen molar-refractivity contribution in [1.82, 2.24) is 5.32 Å². The van der Waals surface area contributed by atoms with Gasteiger partial charge >= 0.3 is 0 Å². The van der Waals surface area contributed by atoms with Crippen LogP contribution in [0.15, 0.2) is 18.2 Å². The number of ether oxygens (including phenoxy) is 2. The van der Waals surface area contributed by atoms with E-state index in [2.05, 4.69) is 5.32 Å². The van der Waals surface area contributed by atoms with Crippen LogP contribution in [0.25, 0.3) is 0 Å². The van der Waals surface area contributed by atoms with E-state index in [1.807, 2.05) is 25.2 Å². The van der Waals surface area contributed by atoms with Gasteiger partial charge in [-0.1, -0.05) is 0 Å². The fourth-order valence-corrected chi connectivity index (χ4v) is 1.80. The molecule has 1 atom stereocenters. The molecule has 0 aromatic heterocycles. The van der Waals surface area contributed by atoms with Crippen LogP contribution >= 0.6 is 0 Å². The van der Waals surface area contributed by atoms with Gasteiger partial charge in [0.2, 0.25) is 0 Å². The first-order valence-corrected chi connectivity index (χ1v) is 4.83. The Morgan fingerprint density at radius 1 is 1.50 bits per heavy atom. The van der Waals surface area contributed by atoms with Gasteiger partial charge in [-0.05, 0) is 25.2 Å². The molecule has 1 aliphatic rings. The van der Waals surface area contributed by atoms with Crippen LogP contribution in [0.4, 0.5) is 0 Å². The van der Waals surface area contributed by atoms with Gasteiger partial charge < -0.3 is 14.8 Å². The van der Waals surface area contributed by atoms with E-state index < -0.39 is 0 Å². The molecule has 0 aliphatic carbocycles. The van der Waals surface area contributed by atoms with Gasteiger partial charge in [0, 0.05) is 18.0 Å². The van der Waals surface area contributed by atoms with Crippen molar-refractivity contribution in [2.75, 3.05) is 20.8 Å². The van der Waals surface area contributed by atoms with Gasteiger partial charge in [0.25, 0.3) is 0 Å². The molecular formula is C11H15NO2. The van der Waals surface area contributed by atoms with Crippen molar-refractivity contribution in [2.45, 2.75) is 12.5 Å². The van der Waals surface area contributed by atoms with Gasteiger partial charge in [0.15, 0.2) is 0 Å². The second-order valence-corrected chi connectivity index (χ2v) is 3.38. The number of methoxy groups -OCH3 is 1. The van der Waals surface area contributed by atoms with E-state index in [9.17, 15) is 0 Å². The first-order valence-electron chi connectivity index (χ1n) is 4.83. The van der Waals surface area contributed by atoms with Crippen LogP contribution in [0.2, 0.25) is 0 Å². The molecule has 0 spiro atoms. The maximum atomic E-state index is 5.56. The highest BCUT2D eigenvalue weighted by atomic mass is 16.5. The monoisotopic (exact) mass is 193 g/mol. The minimum Gasteiger partial charge on any atom is -0.497 e. The van der Waals surface area contributed by atoms with Crippen LogP contribution in [0.3, 0.4) is 0 Å². The lowest BCUT2D eigenvalue weighted by Crippen LogP contribution is -2.23. The predicted octanol–water partition coefficient (Wildman–Crippen LogP) is 1.74. The zero-order valence-corrected chi connectivity index (χ0v) is 8.54. The van der Waals surface area contributed by atoms with Crippen LogP contribution in [0, 0.1) is 0 Å². The summed E-state index contributed by atoms with van der Waals surface area (Å²) in [5.41, 5.74) is 1.19. The van der Waals surface area contributed by atoms with Crippen LogP contribution in [-0.2, 0) is 0 Å². The molecule has 3 nitrogen and oxygen atoms in total. The fraction of sp³-hybridized carbons (Fsp3) is 0.455. The second kappa shape index (κ2) is 3.88. The molecule has 2 rings (SSSR count). The number of fused-ring (bicyclic) bond motifs is 1. The molecule has 1 aromatic rings. The molecule has 76 valence electrons. The summed E-state index contributed by atoms with van der Waals surface area (Å²) in [5.74, 6) is 1.85. The normalized spacial score (nSPS) is 19.7. The number of rotatable bonds is 2. The molecule has 0 radical (unpaired) electrons. The summed E-state index contributed by atoms with van der Waals surface area (Å²) in [6, 6.07) is 6.32. The van der Waals surface area contributed by atoms with E-state index in [0.717, 1.165) is 24.5 Å². The SMILES string of the molecule is CNC1CCOc2ccc(OC)cc21. The standard InChI is InChI=1S/C11H15NO2/c1-12-10-5-6-14-11-4-3-8(13-2)7-9(10)11/h3-4,7,10,12H,5-6H2,1-2H3. The van der Waals surface area contributed by atoms with Crippen molar-refractivity contribution >= 4 is 0 Å². The summed E-state index contributed by atoms with van der Waals surface area (Å²) in [6.07, 6.45) is 1.01. The molecule has 0 fully saturated rings. The maximum Gasteiger partial charge on any atom is 0.124 e. The smallest absolute Gasteiger partial charge is 0.124 e. The van der Waals surface area contributed by atoms with Gasteiger partial charge in [0.1, 0.15) is 11.5 Å². The van der Waals surface area contributed by atoms with Gasteiger partial charge in [-0.3, -0.25) is 0 Å². The number of hydrogen-bond donors (Lipinski definition) is 1. The number of nitrogens with one attached hydrogen (secondary N) is 1. The Balaban J connectivity index is 2.38. The molecule has 0 saturated carbocycles. The van der Waals surface area contributed by atoms with E-state index in [0.29, 0.717) is 6.04 Å². The zero-order valence-electron chi connectivity index (χ0n) is 8.54. The summed E-state index contributed by atoms with van der Waals surface area (Å²) in [5, 5.41) is 3.28. The average molecular weight is 193 g/mol. The third-order valence-electron chi connectivity index (χ3n) is 2.60. The van der Waals surface area contributed by atoms with E-state index in [1.165, 1.54) is 5.56 Å². The topological polar surface area (TPSA) is 30.5 Å². The van der Waals surface area contributed by atoms with Crippen molar-refractivity contribution < 1.29 is 9.47 Å². The molecule has 0 amide bonds. The first kappa shape index (κ1) is 9.34. The summed E-state index contributed by atoms with van der Waals surface area (Å²) in [7, 11) is 3.65.